The summed E-state index contributed by atoms with van der Waals surface area (Å²) in [6, 6.07) is 20.1. The second kappa shape index (κ2) is 8.99. The Hall–Kier alpha value is -2.14. The maximum absolute atomic E-state index is 12.9. The van der Waals surface area contributed by atoms with Gasteiger partial charge in [0.1, 0.15) is 5.82 Å². The smallest absolute Gasteiger partial charge is 0.230 e. The van der Waals surface area contributed by atoms with Crippen molar-refractivity contribution in [2.24, 2.45) is 5.92 Å². The Morgan fingerprint density at radius 1 is 0.962 bits per heavy atom. The van der Waals surface area contributed by atoms with Gasteiger partial charge in [-0.1, -0.05) is 54.6 Å². The Kier molecular flexibility index (Phi) is 6.98. The number of anilines is 1. The van der Waals surface area contributed by atoms with Crippen molar-refractivity contribution in [3.63, 3.8) is 0 Å². The molecule has 1 saturated heterocycles. The van der Waals surface area contributed by atoms with Gasteiger partial charge in [-0.2, -0.15) is 0 Å². The van der Waals surface area contributed by atoms with Gasteiger partial charge in [-0.3, -0.25) is 4.79 Å². The first-order chi connectivity index (χ1) is 11.8. The highest BCUT2D eigenvalue weighted by Gasteiger charge is 2.34. The second-order valence-electron chi connectivity index (χ2n) is 6.15. The minimum Gasteiger partial charge on any atom is -0.315 e. The van der Waals surface area contributed by atoms with Gasteiger partial charge >= 0.3 is 0 Å². The molecule has 6 heteroatoms. The molecule has 0 saturated carbocycles. The lowest BCUT2D eigenvalue weighted by molar-refractivity contribution is -0.119. The van der Waals surface area contributed by atoms with Crippen LogP contribution in [0.1, 0.15) is 11.5 Å². The quantitative estimate of drug-likeness (QED) is 0.710. The first kappa shape index (κ1) is 20.2. The van der Waals surface area contributed by atoms with Crippen LogP contribution < -0.4 is 10.6 Å². The number of carbonyl (C=O) groups excluding carboxylic acids is 1. The van der Waals surface area contributed by atoms with Crippen LogP contribution >= 0.6 is 24.8 Å². The number of amides is 1. The van der Waals surface area contributed by atoms with Crippen LogP contribution in [0.2, 0.25) is 0 Å². The SMILES string of the molecule is Cl.Cl.O=C(Nc1nccc2ccccc12)C1CNCC1c1ccccc1. The Labute approximate surface area is 165 Å². The van der Waals surface area contributed by atoms with E-state index in [0.717, 1.165) is 17.3 Å². The van der Waals surface area contributed by atoms with Crippen LogP contribution in [-0.2, 0) is 4.79 Å². The van der Waals surface area contributed by atoms with E-state index in [1.807, 2.05) is 48.5 Å². The van der Waals surface area contributed by atoms with Gasteiger partial charge in [0.25, 0.3) is 0 Å². The molecule has 0 aliphatic carbocycles. The summed E-state index contributed by atoms with van der Waals surface area (Å²) in [6.45, 7) is 1.52. The summed E-state index contributed by atoms with van der Waals surface area (Å²) in [6.07, 6.45) is 1.74. The number of carbonyl (C=O) groups is 1. The van der Waals surface area contributed by atoms with Gasteiger partial charge in [0.15, 0.2) is 0 Å². The Balaban J connectivity index is 0.00000121. The standard InChI is InChI=1S/C20H19N3O.2ClH/c24-20(18-13-21-12-17(18)14-6-2-1-3-7-14)23-19-16-9-5-4-8-15(16)10-11-22-19;;/h1-11,17-18,21H,12-13H2,(H,22,23,24);2*1H. The normalized spacial score (nSPS) is 18.6. The van der Waals surface area contributed by atoms with Crippen molar-refractivity contribution in [2.75, 3.05) is 18.4 Å². The number of pyridine rings is 1. The number of nitrogens with zero attached hydrogens (tertiary/aromatic N) is 1. The largest absolute Gasteiger partial charge is 0.315 e. The van der Waals surface area contributed by atoms with Crippen molar-refractivity contribution < 1.29 is 4.79 Å². The van der Waals surface area contributed by atoms with Gasteiger partial charge in [-0.15, -0.1) is 24.8 Å². The molecule has 1 aliphatic rings. The average Bonchev–Trinajstić information content (AvgIpc) is 3.13. The molecule has 26 heavy (non-hydrogen) atoms. The highest BCUT2D eigenvalue weighted by molar-refractivity contribution is 6.01. The molecule has 0 spiro atoms. The van der Waals surface area contributed by atoms with Gasteiger partial charge in [-0.25, -0.2) is 4.98 Å². The summed E-state index contributed by atoms with van der Waals surface area (Å²) < 4.78 is 0. The molecule has 4 nitrogen and oxygen atoms in total. The monoisotopic (exact) mass is 389 g/mol. The molecule has 2 heterocycles. The van der Waals surface area contributed by atoms with Gasteiger partial charge < -0.3 is 10.6 Å². The van der Waals surface area contributed by atoms with Crippen molar-refractivity contribution in [3.8, 4) is 0 Å². The van der Waals surface area contributed by atoms with Crippen molar-refractivity contribution in [2.45, 2.75) is 5.92 Å². The second-order valence-corrected chi connectivity index (χ2v) is 6.15. The van der Waals surface area contributed by atoms with E-state index in [-0.39, 0.29) is 42.6 Å². The third kappa shape index (κ3) is 3.98. The van der Waals surface area contributed by atoms with Gasteiger partial charge in [0.05, 0.1) is 5.92 Å². The Morgan fingerprint density at radius 2 is 1.69 bits per heavy atom. The lowest BCUT2D eigenvalue weighted by Crippen LogP contribution is -2.28. The highest BCUT2D eigenvalue weighted by Crippen LogP contribution is 2.29. The predicted molar refractivity (Wildman–Crippen MR) is 110 cm³/mol. The summed E-state index contributed by atoms with van der Waals surface area (Å²) in [4.78, 5) is 17.2. The minimum atomic E-state index is -0.0897. The molecule has 1 aliphatic heterocycles. The Morgan fingerprint density at radius 3 is 2.50 bits per heavy atom. The lowest BCUT2D eigenvalue weighted by Gasteiger charge is -2.18. The number of rotatable bonds is 3. The molecule has 2 unspecified atom stereocenters. The van der Waals surface area contributed by atoms with Gasteiger partial charge in [0, 0.05) is 30.6 Å². The number of nitrogens with one attached hydrogen (secondary N) is 2. The number of benzene rings is 2. The molecule has 136 valence electrons. The molecule has 0 bridgehead atoms. The van der Waals surface area contributed by atoms with Crippen LogP contribution in [0.4, 0.5) is 5.82 Å². The molecule has 2 atom stereocenters. The van der Waals surface area contributed by atoms with Crippen LogP contribution in [0.3, 0.4) is 0 Å². The molecular formula is C20H21Cl2N3O. The third-order valence-electron chi connectivity index (χ3n) is 4.69. The summed E-state index contributed by atoms with van der Waals surface area (Å²) in [5, 5.41) is 8.42. The van der Waals surface area contributed by atoms with Crippen molar-refractivity contribution in [3.05, 3.63) is 72.4 Å². The van der Waals surface area contributed by atoms with Crippen LogP contribution in [-0.4, -0.2) is 24.0 Å². The van der Waals surface area contributed by atoms with Gasteiger partial charge in [0.2, 0.25) is 5.91 Å². The van der Waals surface area contributed by atoms with E-state index in [1.165, 1.54) is 5.56 Å². The van der Waals surface area contributed by atoms with E-state index >= 15 is 0 Å². The summed E-state index contributed by atoms with van der Waals surface area (Å²) in [5.41, 5.74) is 1.20. The van der Waals surface area contributed by atoms with Crippen LogP contribution in [0.15, 0.2) is 66.9 Å². The molecule has 3 aromatic rings. The number of hydrogen-bond acceptors (Lipinski definition) is 3. The number of halogens is 2. The number of fused-ring (bicyclic) bond motifs is 1. The third-order valence-corrected chi connectivity index (χ3v) is 4.69. The summed E-state index contributed by atoms with van der Waals surface area (Å²) in [7, 11) is 0. The Bertz CT molecular complexity index is 868. The van der Waals surface area contributed by atoms with E-state index in [2.05, 4.69) is 27.8 Å². The minimum absolute atomic E-state index is 0. The lowest BCUT2D eigenvalue weighted by atomic mass is 9.88. The molecular weight excluding hydrogens is 369 g/mol. The fourth-order valence-electron chi connectivity index (χ4n) is 3.43. The van der Waals surface area contributed by atoms with Gasteiger partial charge in [-0.05, 0) is 17.0 Å². The zero-order valence-electron chi connectivity index (χ0n) is 14.1. The summed E-state index contributed by atoms with van der Waals surface area (Å²) in [5.74, 6) is 0.767. The molecule has 2 aromatic carbocycles. The molecule has 0 radical (unpaired) electrons. The fraction of sp³-hybridized carbons (Fsp3) is 0.200. The fourth-order valence-corrected chi connectivity index (χ4v) is 3.43. The van der Waals surface area contributed by atoms with E-state index < -0.39 is 0 Å². The molecule has 2 N–H and O–H groups in total. The van der Waals surface area contributed by atoms with E-state index in [4.69, 9.17) is 0 Å². The predicted octanol–water partition coefficient (Wildman–Crippen LogP) is 4.02. The van der Waals surface area contributed by atoms with Crippen molar-refractivity contribution in [1.29, 1.82) is 0 Å². The topological polar surface area (TPSA) is 54.0 Å². The first-order valence-electron chi connectivity index (χ1n) is 8.23. The number of hydrogen-bond donors (Lipinski definition) is 2. The number of aromatic nitrogens is 1. The maximum Gasteiger partial charge on any atom is 0.230 e. The maximum atomic E-state index is 12.9. The molecule has 4 rings (SSSR count). The van der Waals surface area contributed by atoms with E-state index in [0.29, 0.717) is 12.4 Å². The zero-order chi connectivity index (χ0) is 16.4. The van der Waals surface area contributed by atoms with Crippen LogP contribution in [0, 0.1) is 5.92 Å². The van der Waals surface area contributed by atoms with Crippen molar-refractivity contribution >= 4 is 47.3 Å². The van der Waals surface area contributed by atoms with E-state index in [9.17, 15) is 4.79 Å². The summed E-state index contributed by atoms with van der Waals surface area (Å²) >= 11 is 0. The van der Waals surface area contributed by atoms with E-state index in [1.54, 1.807) is 6.20 Å². The average molecular weight is 390 g/mol. The molecule has 1 aromatic heterocycles. The van der Waals surface area contributed by atoms with Crippen LogP contribution in [0.25, 0.3) is 10.8 Å². The molecule has 1 amide bonds. The van der Waals surface area contributed by atoms with Crippen LogP contribution in [0.5, 0.6) is 0 Å². The first-order valence-corrected chi connectivity index (χ1v) is 8.23. The molecule has 1 fully saturated rings. The zero-order valence-corrected chi connectivity index (χ0v) is 15.7. The van der Waals surface area contributed by atoms with Crippen molar-refractivity contribution in [1.82, 2.24) is 10.3 Å². The highest BCUT2D eigenvalue weighted by atomic mass is 35.5.